The number of aryl methyl sites for hydroxylation is 1. The molecule has 0 aliphatic rings. The Hall–Kier alpha value is -2.96. The lowest BCUT2D eigenvalue weighted by Gasteiger charge is -2.11. The minimum Gasteiger partial charge on any atom is -0.497 e. The van der Waals surface area contributed by atoms with E-state index in [1.807, 2.05) is 26.0 Å². The number of halogens is 2. The van der Waals surface area contributed by atoms with Gasteiger partial charge in [0.25, 0.3) is 0 Å². The van der Waals surface area contributed by atoms with Crippen molar-refractivity contribution in [3.05, 3.63) is 59.4 Å². The lowest BCUT2D eigenvalue weighted by atomic mass is 10.1. The number of hydrogen-bond donors (Lipinski definition) is 1. The predicted octanol–water partition coefficient (Wildman–Crippen LogP) is 3.91. The van der Waals surface area contributed by atoms with E-state index in [2.05, 4.69) is 15.4 Å². The molecule has 1 N–H and O–H groups in total. The fourth-order valence-corrected chi connectivity index (χ4v) is 2.31. The van der Waals surface area contributed by atoms with E-state index >= 15 is 0 Å². The molecule has 1 aromatic heterocycles. The minimum atomic E-state index is -0.672. The summed E-state index contributed by atoms with van der Waals surface area (Å²) in [7, 11) is 1.60. The molecule has 3 aromatic rings. The topological polar surface area (TPSA) is 52.0 Å². The maximum atomic E-state index is 13.3. The van der Waals surface area contributed by atoms with Crippen LogP contribution < -0.4 is 10.1 Å². The Morgan fingerprint density at radius 3 is 2.42 bits per heavy atom. The predicted molar refractivity (Wildman–Crippen MR) is 87.0 cm³/mol. The van der Waals surface area contributed by atoms with Crippen molar-refractivity contribution in [1.29, 1.82) is 0 Å². The van der Waals surface area contributed by atoms with Crippen molar-refractivity contribution in [2.45, 2.75) is 13.8 Å². The number of methoxy groups -OCH3 is 1. The van der Waals surface area contributed by atoms with Crippen LogP contribution in [0.1, 0.15) is 11.1 Å². The van der Waals surface area contributed by atoms with Gasteiger partial charge < -0.3 is 10.1 Å². The van der Waals surface area contributed by atoms with E-state index in [0.717, 1.165) is 22.9 Å². The van der Waals surface area contributed by atoms with Crippen LogP contribution in [0.4, 0.5) is 20.4 Å². The molecule has 0 saturated carbocycles. The fourth-order valence-electron chi connectivity index (χ4n) is 2.31. The van der Waals surface area contributed by atoms with Gasteiger partial charge in [-0.05, 0) is 43.2 Å². The average Bonchev–Trinajstić information content (AvgIpc) is 2.99. The molecular weight excluding hydrogens is 314 g/mol. The van der Waals surface area contributed by atoms with E-state index in [9.17, 15) is 8.78 Å². The SMILES string of the molecule is COc1cc(C)c(C)c(Nc2ncn(-c3cc(F)cc(F)c3)n2)c1. The largest absolute Gasteiger partial charge is 0.497 e. The zero-order valence-electron chi connectivity index (χ0n) is 13.5. The summed E-state index contributed by atoms with van der Waals surface area (Å²) >= 11 is 0. The smallest absolute Gasteiger partial charge is 0.246 e. The van der Waals surface area contributed by atoms with Crippen LogP contribution in [-0.4, -0.2) is 21.9 Å². The van der Waals surface area contributed by atoms with Crippen molar-refractivity contribution in [3.8, 4) is 11.4 Å². The molecule has 5 nitrogen and oxygen atoms in total. The Balaban J connectivity index is 1.91. The quantitative estimate of drug-likeness (QED) is 0.788. The Morgan fingerprint density at radius 1 is 1.04 bits per heavy atom. The number of nitrogens with zero attached hydrogens (tertiary/aromatic N) is 3. The molecule has 1 heterocycles. The second kappa shape index (κ2) is 6.27. The normalized spacial score (nSPS) is 10.7. The zero-order chi connectivity index (χ0) is 17.3. The van der Waals surface area contributed by atoms with Crippen LogP contribution in [0.5, 0.6) is 5.75 Å². The maximum Gasteiger partial charge on any atom is 0.246 e. The summed E-state index contributed by atoms with van der Waals surface area (Å²) in [6.45, 7) is 3.95. The van der Waals surface area contributed by atoms with Gasteiger partial charge >= 0.3 is 0 Å². The van der Waals surface area contributed by atoms with Gasteiger partial charge in [-0.25, -0.2) is 13.5 Å². The first-order valence-corrected chi connectivity index (χ1v) is 7.26. The van der Waals surface area contributed by atoms with Gasteiger partial charge in [0.05, 0.1) is 12.8 Å². The molecule has 0 spiro atoms. The van der Waals surface area contributed by atoms with Crippen LogP contribution in [0.3, 0.4) is 0 Å². The Bertz CT molecular complexity index is 872. The van der Waals surface area contributed by atoms with Crippen LogP contribution in [0.2, 0.25) is 0 Å². The summed E-state index contributed by atoms with van der Waals surface area (Å²) in [5.74, 6) is -0.314. The van der Waals surface area contributed by atoms with Gasteiger partial charge in [-0.2, -0.15) is 4.98 Å². The first-order chi connectivity index (χ1) is 11.5. The molecule has 124 valence electrons. The summed E-state index contributed by atoms with van der Waals surface area (Å²) < 4.78 is 33.2. The number of ether oxygens (including phenoxy) is 1. The molecule has 2 aromatic carbocycles. The molecular formula is C17H16F2N4O. The highest BCUT2D eigenvalue weighted by Crippen LogP contribution is 2.27. The van der Waals surface area contributed by atoms with Crippen LogP contribution >= 0.6 is 0 Å². The average molecular weight is 330 g/mol. The summed E-state index contributed by atoms with van der Waals surface area (Å²) in [6.07, 6.45) is 1.39. The van der Waals surface area contributed by atoms with Crippen molar-refractivity contribution in [2.24, 2.45) is 0 Å². The van der Waals surface area contributed by atoms with Crippen LogP contribution in [0, 0.1) is 25.5 Å². The van der Waals surface area contributed by atoms with Gasteiger partial charge in [0.1, 0.15) is 23.7 Å². The molecule has 0 atom stereocenters. The number of benzene rings is 2. The molecule has 0 saturated heterocycles. The highest BCUT2D eigenvalue weighted by molar-refractivity contribution is 5.63. The second-order valence-corrected chi connectivity index (χ2v) is 5.38. The number of anilines is 2. The number of nitrogens with one attached hydrogen (secondary N) is 1. The third kappa shape index (κ3) is 3.19. The molecule has 0 unspecified atom stereocenters. The fraction of sp³-hybridized carbons (Fsp3) is 0.176. The van der Waals surface area contributed by atoms with Gasteiger partial charge in [0.15, 0.2) is 0 Å². The first-order valence-electron chi connectivity index (χ1n) is 7.26. The Kier molecular flexibility index (Phi) is 4.16. The molecule has 3 rings (SSSR count). The van der Waals surface area contributed by atoms with Crippen molar-refractivity contribution in [1.82, 2.24) is 14.8 Å². The second-order valence-electron chi connectivity index (χ2n) is 5.38. The molecule has 7 heteroatoms. The first kappa shape index (κ1) is 15.9. The summed E-state index contributed by atoms with van der Waals surface area (Å²) in [6, 6.07) is 6.94. The van der Waals surface area contributed by atoms with Gasteiger partial charge in [-0.1, -0.05) is 0 Å². The van der Waals surface area contributed by atoms with Crippen LogP contribution in [0.15, 0.2) is 36.7 Å². The van der Waals surface area contributed by atoms with Crippen molar-refractivity contribution in [2.75, 3.05) is 12.4 Å². The van der Waals surface area contributed by atoms with Crippen LogP contribution in [0.25, 0.3) is 5.69 Å². The Labute approximate surface area is 137 Å². The molecule has 0 amide bonds. The van der Waals surface area contributed by atoms with Gasteiger partial charge in [0, 0.05) is 17.8 Å². The monoisotopic (exact) mass is 330 g/mol. The lowest BCUT2D eigenvalue weighted by molar-refractivity contribution is 0.414. The summed E-state index contributed by atoms with van der Waals surface area (Å²) in [4.78, 5) is 4.13. The zero-order valence-corrected chi connectivity index (χ0v) is 13.5. The van der Waals surface area contributed by atoms with Crippen molar-refractivity contribution in [3.63, 3.8) is 0 Å². The van der Waals surface area contributed by atoms with Crippen LogP contribution in [-0.2, 0) is 0 Å². The minimum absolute atomic E-state index is 0.256. The summed E-state index contributed by atoms with van der Waals surface area (Å²) in [5, 5.41) is 7.30. The van der Waals surface area contributed by atoms with E-state index in [-0.39, 0.29) is 5.69 Å². The third-order valence-electron chi connectivity index (χ3n) is 3.73. The molecule has 0 fully saturated rings. The number of aromatic nitrogens is 3. The third-order valence-corrected chi connectivity index (χ3v) is 3.73. The lowest BCUT2D eigenvalue weighted by Crippen LogP contribution is -2.00. The standard InChI is InChI=1S/C17H16F2N4O/c1-10-4-15(24-3)8-16(11(10)2)21-17-20-9-23(22-17)14-6-12(18)5-13(19)7-14/h4-9H,1-3H3,(H,21,22). The molecule has 24 heavy (non-hydrogen) atoms. The van der Waals surface area contributed by atoms with Crippen molar-refractivity contribution < 1.29 is 13.5 Å². The molecule has 0 bridgehead atoms. The maximum absolute atomic E-state index is 13.3. The molecule has 0 aliphatic heterocycles. The Morgan fingerprint density at radius 2 is 1.75 bits per heavy atom. The van der Waals surface area contributed by atoms with Gasteiger partial charge in [0.2, 0.25) is 5.95 Å². The van der Waals surface area contributed by atoms with E-state index in [0.29, 0.717) is 11.7 Å². The molecule has 0 aliphatic carbocycles. The van der Waals surface area contributed by atoms with E-state index in [1.165, 1.54) is 23.1 Å². The highest BCUT2D eigenvalue weighted by Gasteiger charge is 2.10. The van der Waals surface area contributed by atoms with Crippen molar-refractivity contribution >= 4 is 11.6 Å². The van der Waals surface area contributed by atoms with E-state index in [4.69, 9.17) is 4.74 Å². The summed E-state index contributed by atoms with van der Waals surface area (Å²) in [5.41, 5.74) is 3.15. The van der Waals surface area contributed by atoms with Gasteiger partial charge in [-0.3, -0.25) is 0 Å². The highest BCUT2D eigenvalue weighted by atomic mass is 19.1. The number of rotatable bonds is 4. The molecule has 0 radical (unpaired) electrons. The number of hydrogen-bond acceptors (Lipinski definition) is 4. The van der Waals surface area contributed by atoms with E-state index in [1.54, 1.807) is 7.11 Å². The van der Waals surface area contributed by atoms with Gasteiger partial charge in [-0.15, -0.1) is 5.10 Å². The van der Waals surface area contributed by atoms with E-state index < -0.39 is 11.6 Å².